The highest BCUT2D eigenvalue weighted by atomic mass is 16.6. The second-order valence-electron chi connectivity index (χ2n) is 6.81. The van der Waals surface area contributed by atoms with E-state index in [1.807, 2.05) is 52.0 Å². The number of nitrogens with one attached hydrogen (secondary N) is 2. The lowest BCUT2D eigenvalue weighted by atomic mass is 10.2. The number of nitrogens with zero attached hydrogens (tertiary/aromatic N) is 1. The fourth-order valence-corrected chi connectivity index (χ4v) is 1.99. The zero-order valence-electron chi connectivity index (χ0n) is 16.2. The summed E-state index contributed by atoms with van der Waals surface area (Å²) in [6.07, 6.45) is 0.323. The Bertz CT molecular complexity index is 523. The second-order valence-corrected chi connectivity index (χ2v) is 6.81. The molecule has 2 atom stereocenters. The average molecular weight is 367 g/mol. The molecule has 0 saturated heterocycles. The number of hydrogen-bond acceptors (Lipinski definition) is 7. The van der Waals surface area contributed by atoms with E-state index in [9.17, 15) is 10.2 Å². The number of oxime groups is 1. The van der Waals surface area contributed by atoms with Crippen LogP contribution in [0.4, 0.5) is 0 Å². The fourth-order valence-electron chi connectivity index (χ4n) is 1.99. The van der Waals surface area contributed by atoms with Gasteiger partial charge in [0.2, 0.25) is 0 Å². The Kier molecular flexibility index (Phi) is 10.9. The average Bonchev–Trinajstić information content (AvgIpc) is 2.60. The zero-order chi connectivity index (χ0) is 19.4. The molecule has 0 aliphatic rings. The van der Waals surface area contributed by atoms with E-state index in [0.29, 0.717) is 30.9 Å². The van der Waals surface area contributed by atoms with E-state index in [1.54, 1.807) is 0 Å². The Morgan fingerprint density at radius 1 is 0.962 bits per heavy atom. The predicted octanol–water partition coefficient (Wildman–Crippen LogP) is 1.13. The van der Waals surface area contributed by atoms with Crippen LogP contribution >= 0.6 is 0 Å². The van der Waals surface area contributed by atoms with Crippen LogP contribution in [0.15, 0.2) is 29.4 Å². The van der Waals surface area contributed by atoms with E-state index >= 15 is 0 Å². The molecule has 1 rings (SSSR count). The number of aliphatic hydroxyl groups excluding tert-OH is 2. The monoisotopic (exact) mass is 367 g/mol. The van der Waals surface area contributed by atoms with Crippen molar-refractivity contribution in [3.8, 4) is 5.75 Å². The van der Waals surface area contributed by atoms with Gasteiger partial charge in [-0.1, -0.05) is 45.0 Å². The third-order valence-electron chi connectivity index (χ3n) is 3.41. The number of para-hydroxylation sites is 1. The van der Waals surface area contributed by atoms with Gasteiger partial charge in [0, 0.05) is 30.7 Å². The minimum absolute atomic E-state index is 0.110. The lowest BCUT2D eigenvalue weighted by Crippen LogP contribution is -2.35. The van der Waals surface area contributed by atoms with Crippen molar-refractivity contribution in [2.45, 2.75) is 52.0 Å². The lowest BCUT2D eigenvalue weighted by Gasteiger charge is -2.16. The Morgan fingerprint density at radius 3 is 2.15 bits per heavy atom. The normalized spacial score (nSPS) is 14.2. The summed E-state index contributed by atoms with van der Waals surface area (Å²) in [5.74, 6) is 0.616. The highest BCUT2D eigenvalue weighted by Gasteiger charge is 2.08. The molecule has 0 radical (unpaired) electrons. The van der Waals surface area contributed by atoms with E-state index in [-0.39, 0.29) is 13.2 Å². The topological polar surface area (TPSA) is 95.3 Å². The minimum Gasteiger partial charge on any atom is -0.490 e. The van der Waals surface area contributed by atoms with Crippen LogP contribution in [0.2, 0.25) is 0 Å². The molecular weight excluding hydrogens is 334 g/mol. The SMILES string of the molecule is CC(C)NCC(O)CO/N=C/c1ccccc1OCC(O)CNC(C)C. The highest BCUT2D eigenvalue weighted by molar-refractivity contribution is 5.83. The van der Waals surface area contributed by atoms with Crippen LogP contribution in [-0.2, 0) is 4.84 Å². The molecule has 148 valence electrons. The third-order valence-corrected chi connectivity index (χ3v) is 3.41. The summed E-state index contributed by atoms with van der Waals surface area (Å²) >= 11 is 0. The summed E-state index contributed by atoms with van der Waals surface area (Å²) in [5.41, 5.74) is 0.742. The maximum Gasteiger partial charge on any atom is 0.144 e. The smallest absolute Gasteiger partial charge is 0.144 e. The van der Waals surface area contributed by atoms with Crippen LogP contribution < -0.4 is 15.4 Å². The number of ether oxygens (including phenoxy) is 1. The molecule has 0 saturated carbocycles. The van der Waals surface area contributed by atoms with Gasteiger partial charge in [-0.25, -0.2) is 0 Å². The van der Waals surface area contributed by atoms with E-state index in [0.717, 1.165) is 5.56 Å². The number of benzene rings is 1. The minimum atomic E-state index is -0.621. The van der Waals surface area contributed by atoms with Crippen LogP contribution in [0.3, 0.4) is 0 Å². The first-order chi connectivity index (χ1) is 12.4. The Balaban J connectivity index is 2.42. The summed E-state index contributed by atoms with van der Waals surface area (Å²) in [5, 5.41) is 29.9. The van der Waals surface area contributed by atoms with Gasteiger partial charge in [0.05, 0.1) is 6.21 Å². The van der Waals surface area contributed by atoms with Crippen LogP contribution in [0.1, 0.15) is 33.3 Å². The Labute approximate surface area is 156 Å². The molecule has 0 aromatic heterocycles. The maximum atomic E-state index is 9.94. The standard InChI is InChI=1S/C19H33N3O4/c1-14(2)20-10-17(23)12-25-19-8-6-5-7-16(19)9-22-26-13-18(24)11-21-15(3)4/h5-9,14-15,17-18,20-21,23-24H,10-13H2,1-4H3/b22-9+. The van der Waals surface area contributed by atoms with Crippen LogP contribution in [0, 0.1) is 0 Å². The number of hydrogen-bond donors (Lipinski definition) is 4. The molecule has 0 aliphatic heterocycles. The first-order valence-corrected chi connectivity index (χ1v) is 9.08. The van der Waals surface area contributed by atoms with Crippen molar-refractivity contribution >= 4 is 6.21 Å². The molecule has 7 nitrogen and oxygen atoms in total. The molecule has 1 aromatic rings. The maximum absolute atomic E-state index is 9.94. The summed E-state index contributed by atoms with van der Waals surface area (Å²) < 4.78 is 5.68. The first-order valence-electron chi connectivity index (χ1n) is 9.08. The van der Waals surface area contributed by atoms with Crippen LogP contribution in [0.25, 0.3) is 0 Å². The molecule has 0 bridgehead atoms. The third kappa shape index (κ3) is 10.4. The molecule has 0 heterocycles. The Hall–Kier alpha value is -1.67. The quantitative estimate of drug-likeness (QED) is 0.308. The molecule has 0 fully saturated rings. The molecule has 7 heteroatoms. The van der Waals surface area contributed by atoms with Crippen molar-refractivity contribution in [1.82, 2.24) is 10.6 Å². The molecule has 4 N–H and O–H groups in total. The first kappa shape index (κ1) is 22.4. The van der Waals surface area contributed by atoms with Crippen molar-refractivity contribution in [3.63, 3.8) is 0 Å². The summed E-state index contributed by atoms with van der Waals surface area (Å²) in [6.45, 7) is 9.29. The van der Waals surface area contributed by atoms with Gasteiger partial charge in [-0.05, 0) is 12.1 Å². The molecule has 0 spiro atoms. The second kappa shape index (κ2) is 12.6. The zero-order valence-corrected chi connectivity index (χ0v) is 16.2. The van der Waals surface area contributed by atoms with Gasteiger partial charge < -0.3 is 30.4 Å². The molecule has 26 heavy (non-hydrogen) atoms. The lowest BCUT2D eigenvalue weighted by molar-refractivity contribution is 0.0401. The summed E-state index contributed by atoms with van der Waals surface area (Å²) in [7, 11) is 0. The van der Waals surface area contributed by atoms with Gasteiger partial charge in [0.1, 0.15) is 31.2 Å². The van der Waals surface area contributed by atoms with Gasteiger partial charge in [0.15, 0.2) is 0 Å². The number of aliphatic hydroxyl groups is 2. The predicted molar refractivity (Wildman–Crippen MR) is 104 cm³/mol. The van der Waals surface area contributed by atoms with Crippen LogP contribution in [-0.4, -0.2) is 67.0 Å². The summed E-state index contributed by atoms with van der Waals surface area (Å²) in [6, 6.07) is 8.00. The van der Waals surface area contributed by atoms with Gasteiger partial charge >= 0.3 is 0 Å². The molecule has 0 aliphatic carbocycles. The van der Waals surface area contributed by atoms with E-state index < -0.39 is 12.2 Å². The molecule has 1 aromatic carbocycles. The van der Waals surface area contributed by atoms with Gasteiger partial charge in [-0.3, -0.25) is 0 Å². The highest BCUT2D eigenvalue weighted by Crippen LogP contribution is 2.16. The van der Waals surface area contributed by atoms with Gasteiger partial charge in [0.25, 0.3) is 0 Å². The van der Waals surface area contributed by atoms with E-state index in [1.165, 1.54) is 6.21 Å². The van der Waals surface area contributed by atoms with Gasteiger partial charge in [-0.15, -0.1) is 0 Å². The molecular formula is C19H33N3O4. The van der Waals surface area contributed by atoms with E-state index in [2.05, 4.69) is 15.8 Å². The van der Waals surface area contributed by atoms with Crippen molar-refractivity contribution in [3.05, 3.63) is 29.8 Å². The van der Waals surface area contributed by atoms with Crippen molar-refractivity contribution in [2.75, 3.05) is 26.3 Å². The van der Waals surface area contributed by atoms with Crippen molar-refractivity contribution in [1.29, 1.82) is 0 Å². The van der Waals surface area contributed by atoms with Crippen molar-refractivity contribution in [2.24, 2.45) is 5.16 Å². The van der Waals surface area contributed by atoms with Crippen molar-refractivity contribution < 1.29 is 19.8 Å². The largest absolute Gasteiger partial charge is 0.490 e. The summed E-state index contributed by atoms with van der Waals surface area (Å²) in [4.78, 5) is 5.14. The molecule has 0 amide bonds. The number of rotatable bonds is 13. The van der Waals surface area contributed by atoms with Gasteiger partial charge in [-0.2, -0.15) is 0 Å². The van der Waals surface area contributed by atoms with E-state index in [4.69, 9.17) is 9.57 Å². The fraction of sp³-hybridized carbons (Fsp3) is 0.632. The van der Waals surface area contributed by atoms with Crippen LogP contribution in [0.5, 0.6) is 5.75 Å². The molecule has 2 unspecified atom stereocenters. The Morgan fingerprint density at radius 2 is 1.54 bits per heavy atom.